The summed E-state index contributed by atoms with van der Waals surface area (Å²) in [6.45, 7) is 5.28. The minimum absolute atomic E-state index is 0.00120. The van der Waals surface area contributed by atoms with Gasteiger partial charge in [0.2, 0.25) is 0 Å². The number of hydrogen-bond donors (Lipinski definition) is 2. The van der Waals surface area contributed by atoms with Crippen molar-refractivity contribution in [3.05, 3.63) is 0 Å². The zero-order valence-electron chi connectivity index (χ0n) is 9.27. The van der Waals surface area contributed by atoms with Gasteiger partial charge < -0.3 is 19.8 Å². The van der Waals surface area contributed by atoms with Crippen molar-refractivity contribution in [2.45, 2.75) is 25.9 Å². The molecule has 0 bridgehead atoms. The highest BCUT2D eigenvalue weighted by Gasteiger charge is 2.37. The number of nitrogens with zero attached hydrogens (tertiary/aromatic N) is 1. The molecule has 1 atom stereocenters. The van der Waals surface area contributed by atoms with Crippen LogP contribution in [0.3, 0.4) is 0 Å². The topological polar surface area (TPSA) is 70.0 Å². The number of rotatable bonds is 4. The van der Waals surface area contributed by atoms with Gasteiger partial charge in [-0.2, -0.15) is 0 Å². The van der Waals surface area contributed by atoms with Crippen molar-refractivity contribution in [2.24, 2.45) is 5.92 Å². The normalized spacial score (nSPS) is 22.1. The van der Waals surface area contributed by atoms with E-state index in [0.29, 0.717) is 19.7 Å². The highest BCUT2D eigenvalue weighted by Crippen LogP contribution is 2.30. The molecule has 88 valence electrons. The quantitative estimate of drug-likeness (QED) is 0.730. The van der Waals surface area contributed by atoms with Gasteiger partial charge in [-0.15, -0.1) is 0 Å². The number of hydrogen-bond acceptors (Lipinski definition) is 3. The third kappa shape index (κ3) is 3.07. The molecule has 1 fully saturated rings. The highest BCUT2D eigenvalue weighted by molar-refractivity contribution is 5.65. The third-order valence-electron chi connectivity index (χ3n) is 3.01. The van der Waals surface area contributed by atoms with E-state index in [9.17, 15) is 4.79 Å². The van der Waals surface area contributed by atoms with Crippen molar-refractivity contribution < 1.29 is 19.7 Å². The molecule has 1 unspecified atom stereocenters. The monoisotopic (exact) mass is 217 g/mol. The van der Waals surface area contributed by atoms with Gasteiger partial charge in [0.15, 0.2) is 0 Å². The van der Waals surface area contributed by atoms with E-state index in [4.69, 9.17) is 14.9 Å². The van der Waals surface area contributed by atoms with Crippen LogP contribution in [0.25, 0.3) is 0 Å². The number of aliphatic hydroxyl groups excluding tert-OH is 1. The summed E-state index contributed by atoms with van der Waals surface area (Å²) in [6.07, 6.45) is -0.0412. The fourth-order valence-electron chi connectivity index (χ4n) is 1.93. The van der Waals surface area contributed by atoms with E-state index in [1.165, 1.54) is 4.90 Å². The lowest BCUT2D eigenvalue weighted by molar-refractivity contribution is -0.0678. The van der Waals surface area contributed by atoms with Gasteiger partial charge in [0, 0.05) is 19.0 Å². The molecule has 1 heterocycles. The van der Waals surface area contributed by atoms with Crippen molar-refractivity contribution in [3.63, 3.8) is 0 Å². The van der Waals surface area contributed by atoms with Crippen molar-refractivity contribution in [1.82, 2.24) is 4.90 Å². The Kier molecular flexibility index (Phi) is 3.93. The van der Waals surface area contributed by atoms with Crippen molar-refractivity contribution >= 4 is 6.09 Å². The van der Waals surface area contributed by atoms with Crippen LogP contribution in [0.1, 0.15) is 20.3 Å². The Balaban J connectivity index is 2.47. The Morgan fingerprint density at radius 2 is 2.27 bits per heavy atom. The van der Waals surface area contributed by atoms with Crippen LogP contribution in [0, 0.1) is 5.92 Å². The first-order valence-corrected chi connectivity index (χ1v) is 5.20. The molecule has 5 nitrogen and oxygen atoms in total. The largest absolute Gasteiger partial charge is 0.465 e. The second-order valence-electron chi connectivity index (χ2n) is 4.39. The van der Waals surface area contributed by atoms with Gasteiger partial charge in [0.25, 0.3) is 0 Å². The molecule has 0 aliphatic carbocycles. The first kappa shape index (κ1) is 12.3. The number of aliphatic hydroxyl groups is 1. The summed E-state index contributed by atoms with van der Waals surface area (Å²) >= 11 is 0. The van der Waals surface area contributed by atoms with E-state index in [0.717, 1.165) is 6.42 Å². The molecular weight excluding hydrogens is 198 g/mol. The summed E-state index contributed by atoms with van der Waals surface area (Å²) in [5.41, 5.74) is -0.368. The molecule has 1 saturated heterocycles. The predicted molar refractivity (Wildman–Crippen MR) is 54.8 cm³/mol. The SMILES string of the molecule is CC(C)(OCCO)C1CCN(C(=O)O)C1. The lowest BCUT2D eigenvalue weighted by atomic mass is 9.90. The second-order valence-corrected chi connectivity index (χ2v) is 4.39. The van der Waals surface area contributed by atoms with E-state index in [1.54, 1.807) is 0 Å². The van der Waals surface area contributed by atoms with E-state index in [2.05, 4.69) is 0 Å². The molecule has 1 rings (SSSR count). The van der Waals surface area contributed by atoms with Gasteiger partial charge in [-0.25, -0.2) is 4.79 Å². The lowest BCUT2D eigenvalue weighted by Crippen LogP contribution is -2.38. The first-order chi connectivity index (χ1) is 6.97. The van der Waals surface area contributed by atoms with E-state index < -0.39 is 6.09 Å². The van der Waals surface area contributed by atoms with Gasteiger partial charge in [0.05, 0.1) is 18.8 Å². The van der Waals surface area contributed by atoms with Gasteiger partial charge in [0.1, 0.15) is 0 Å². The minimum Gasteiger partial charge on any atom is -0.465 e. The number of amides is 1. The van der Waals surface area contributed by atoms with Crippen LogP contribution in [0.5, 0.6) is 0 Å². The summed E-state index contributed by atoms with van der Waals surface area (Å²) in [7, 11) is 0. The highest BCUT2D eigenvalue weighted by atomic mass is 16.5. The first-order valence-electron chi connectivity index (χ1n) is 5.20. The Hall–Kier alpha value is -0.810. The van der Waals surface area contributed by atoms with E-state index in [1.807, 2.05) is 13.8 Å². The number of ether oxygens (including phenoxy) is 1. The zero-order chi connectivity index (χ0) is 11.5. The van der Waals surface area contributed by atoms with E-state index >= 15 is 0 Å². The smallest absolute Gasteiger partial charge is 0.407 e. The molecule has 0 saturated carbocycles. The summed E-state index contributed by atoms with van der Waals surface area (Å²) in [5, 5.41) is 17.5. The maximum Gasteiger partial charge on any atom is 0.407 e. The molecule has 5 heteroatoms. The Labute approximate surface area is 89.6 Å². The summed E-state index contributed by atoms with van der Waals surface area (Å²) < 4.78 is 5.52. The Morgan fingerprint density at radius 3 is 2.73 bits per heavy atom. The van der Waals surface area contributed by atoms with E-state index in [-0.39, 0.29) is 18.1 Å². The van der Waals surface area contributed by atoms with Gasteiger partial charge in [-0.05, 0) is 20.3 Å². The summed E-state index contributed by atoms with van der Waals surface area (Å²) in [5.74, 6) is 0.208. The third-order valence-corrected chi connectivity index (χ3v) is 3.01. The van der Waals surface area contributed by atoms with Crippen LogP contribution in [0.15, 0.2) is 0 Å². The summed E-state index contributed by atoms with van der Waals surface area (Å²) in [4.78, 5) is 12.1. The average molecular weight is 217 g/mol. The molecule has 1 aliphatic rings. The van der Waals surface area contributed by atoms with Crippen molar-refractivity contribution in [1.29, 1.82) is 0 Å². The molecule has 15 heavy (non-hydrogen) atoms. The van der Waals surface area contributed by atoms with Crippen molar-refractivity contribution in [3.8, 4) is 0 Å². The van der Waals surface area contributed by atoms with Gasteiger partial charge in [-0.3, -0.25) is 0 Å². The molecule has 1 amide bonds. The van der Waals surface area contributed by atoms with Crippen LogP contribution in [-0.2, 0) is 4.74 Å². The predicted octanol–water partition coefficient (Wildman–Crippen LogP) is 0.774. The fourth-order valence-corrected chi connectivity index (χ4v) is 1.93. The standard InChI is InChI=1S/C10H19NO4/c1-10(2,15-6-5-12)8-3-4-11(7-8)9(13)14/h8,12H,3-7H2,1-2H3,(H,13,14). The fraction of sp³-hybridized carbons (Fsp3) is 0.900. The van der Waals surface area contributed by atoms with Gasteiger partial charge in [-0.1, -0.05) is 0 Å². The van der Waals surface area contributed by atoms with Crippen molar-refractivity contribution in [2.75, 3.05) is 26.3 Å². The van der Waals surface area contributed by atoms with Crippen LogP contribution in [-0.4, -0.2) is 53.1 Å². The Bertz CT molecular complexity index is 229. The molecule has 2 N–H and O–H groups in total. The van der Waals surface area contributed by atoms with Crippen LogP contribution in [0.4, 0.5) is 4.79 Å². The molecule has 1 aliphatic heterocycles. The second kappa shape index (κ2) is 4.81. The molecular formula is C10H19NO4. The molecule has 0 aromatic carbocycles. The average Bonchev–Trinajstić information content (AvgIpc) is 2.64. The number of carbonyl (C=O) groups is 1. The van der Waals surface area contributed by atoms with Crippen LogP contribution >= 0.6 is 0 Å². The van der Waals surface area contributed by atoms with Crippen LogP contribution < -0.4 is 0 Å². The maximum absolute atomic E-state index is 10.7. The molecule has 0 spiro atoms. The zero-order valence-corrected chi connectivity index (χ0v) is 9.27. The Morgan fingerprint density at radius 1 is 1.60 bits per heavy atom. The lowest BCUT2D eigenvalue weighted by Gasteiger charge is -2.31. The molecule has 0 radical (unpaired) electrons. The maximum atomic E-state index is 10.7. The van der Waals surface area contributed by atoms with Crippen LogP contribution in [0.2, 0.25) is 0 Å². The molecule has 0 aromatic heterocycles. The number of carboxylic acid groups (broad SMARTS) is 1. The summed E-state index contributed by atoms with van der Waals surface area (Å²) in [6, 6.07) is 0. The minimum atomic E-state index is -0.865. The van der Waals surface area contributed by atoms with Gasteiger partial charge >= 0.3 is 6.09 Å². The molecule has 0 aromatic rings. The number of likely N-dealkylation sites (tertiary alicyclic amines) is 1.